The molecule has 0 spiro atoms. The number of amides is 1. The van der Waals surface area contributed by atoms with Gasteiger partial charge in [-0.1, -0.05) is 101 Å². The van der Waals surface area contributed by atoms with Crippen LogP contribution in [0.2, 0.25) is 0 Å². The summed E-state index contributed by atoms with van der Waals surface area (Å²) < 4.78 is 12.5. The molecule has 8 heteroatoms. The Labute approximate surface area is 278 Å². The highest BCUT2D eigenvalue weighted by atomic mass is 79.9. The molecule has 0 saturated carbocycles. The van der Waals surface area contributed by atoms with Crippen molar-refractivity contribution < 1.29 is 19.1 Å². The number of methoxy groups -OCH3 is 1. The van der Waals surface area contributed by atoms with Crippen molar-refractivity contribution in [3.63, 3.8) is 0 Å². The van der Waals surface area contributed by atoms with E-state index in [0.29, 0.717) is 0 Å². The van der Waals surface area contributed by atoms with Gasteiger partial charge in [0.2, 0.25) is 0 Å². The summed E-state index contributed by atoms with van der Waals surface area (Å²) in [6, 6.07) is 35.3. The van der Waals surface area contributed by atoms with Crippen LogP contribution in [0.15, 0.2) is 119 Å². The number of hydrogen-bond donors (Lipinski definition) is 2. The molecule has 3 atom stereocenters. The lowest BCUT2D eigenvalue weighted by atomic mass is 9.81. The molecule has 1 saturated heterocycles. The van der Waals surface area contributed by atoms with E-state index in [1.54, 1.807) is 11.8 Å². The van der Waals surface area contributed by atoms with E-state index in [0.717, 1.165) is 58.4 Å². The monoisotopic (exact) mass is 686 g/mol. The topological polar surface area (TPSA) is 76.7 Å². The van der Waals surface area contributed by atoms with Gasteiger partial charge in [-0.15, -0.1) is 11.8 Å². The van der Waals surface area contributed by atoms with Gasteiger partial charge < -0.3 is 20.1 Å². The fourth-order valence-corrected chi connectivity index (χ4v) is 6.95. The van der Waals surface area contributed by atoms with Crippen molar-refractivity contribution in [2.75, 3.05) is 26.0 Å². The molecule has 0 unspecified atom stereocenters. The second kappa shape index (κ2) is 16.8. The average molecular weight is 688 g/mol. The third kappa shape index (κ3) is 9.53. The van der Waals surface area contributed by atoms with Crippen LogP contribution in [0, 0.1) is 0 Å². The van der Waals surface area contributed by atoms with Gasteiger partial charge in [-0.3, -0.25) is 4.79 Å². The molecule has 4 aromatic carbocycles. The molecular formula is C37H39BrN2O4S. The SMILES string of the molecule is COC(=O)N[C@H](C(=O)Cc1ccccc1CC[C@@H]1CNC[C@@H](CSc2ccc(Br)cc2)O1)C(c1ccccc1)c1ccccc1. The maximum atomic E-state index is 14.2. The number of nitrogens with one attached hydrogen (secondary N) is 2. The van der Waals surface area contributed by atoms with E-state index in [1.165, 1.54) is 12.0 Å². The summed E-state index contributed by atoms with van der Waals surface area (Å²) in [5.74, 6) is 0.431. The van der Waals surface area contributed by atoms with Crippen LogP contribution >= 0.6 is 27.7 Å². The Morgan fingerprint density at radius 2 is 1.47 bits per heavy atom. The molecule has 234 valence electrons. The maximum Gasteiger partial charge on any atom is 0.407 e. The largest absolute Gasteiger partial charge is 0.453 e. The minimum atomic E-state index is -0.815. The van der Waals surface area contributed by atoms with Gasteiger partial charge in [0, 0.05) is 40.5 Å². The normalized spacial score (nSPS) is 17.0. The summed E-state index contributed by atoms with van der Waals surface area (Å²) in [5, 5.41) is 6.42. The van der Waals surface area contributed by atoms with E-state index < -0.39 is 12.1 Å². The number of alkyl carbamates (subject to hydrolysis) is 1. The number of thioether (sulfide) groups is 1. The molecule has 1 aliphatic rings. The lowest BCUT2D eigenvalue weighted by molar-refractivity contribution is -0.120. The molecule has 1 amide bonds. The van der Waals surface area contributed by atoms with Crippen molar-refractivity contribution in [2.24, 2.45) is 0 Å². The number of rotatable bonds is 13. The van der Waals surface area contributed by atoms with E-state index in [-0.39, 0.29) is 30.3 Å². The Morgan fingerprint density at radius 3 is 2.11 bits per heavy atom. The highest BCUT2D eigenvalue weighted by Crippen LogP contribution is 2.30. The number of morpholine rings is 1. The van der Waals surface area contributed by atoms with Gasteiger partial charge in [0.25, 0.3) is 0 Å². The molecule has 0 bridgehead atoms. The summed E-state index contributed by atoms with van der Waals surface area (Å²) in [6.45, 7) is 1.64. The van der Waals surface area contributed by atoms with Crippen LogP contribution < -0.4 is 10.6 Å². The van der Waals surface area contributed by atoms with Crippen LogP contribution in [0.25, 0.3) is 0 Å². The van der Waals surface area contributed by atoms with Crippen molar-refractivity contribution >= 4 is 39.6 Å². The smallest absolute Gasteiger partial charge is 0.407 e. The lowest BCUT2D eigenvalue weighted by Crippen LogP contribution is -2.46. The fourth-order valence-electron chi connectivity index (χ4n) is 5.78. The zero-order chi connectivity index (χ0) is 31.4. The number of hydrogen-bond acceptors (Lipinski definition) is 6. The Morgan fingerprint density at radius 1 is 0.867 bits per heavy atom. The number of benzene rings is 4. The van der Waals surface area contributed by atoms with Gasteiger partial charge >= 0.3 is 6.09 Å². The second-order valence-corrected chi connectivity index (χ2v) is 13.2. The lowest BCUT2D eigenvalue weighted by Gasteiger charge is -2.31. The molecule has 0 aliphatic carbocycles. The first kappa shape index (κ1) is 32.9. The number of carbonyl (C=O) groups excluding carboxylic acids is 2. The molecule has 2 N–H and O–H groups in total. The third-order valence-electron chi connectivity index (χ3n) is 8.05. The van der Waals surface area contributed by atoms with Crippen LogP contribution in [0.1, 0.15) is 34.6 Å². The number of aryl methyl sites for hydroxylation is 1. The molecule has 0 radical (unpaired) electrons. The van der Waals surface area contributed by atoms with Crippen LogP contribution in [-0.4, -0.2) is 56.1 Å². The molecular weight excluding hydrogens is 648 g/mol. The zero-order valence-corrected chi connectivity index (χ0v) is 27.8. The van der Waals surface area contributed by atoms with Crippen LogP contribution in [-0.2, 0) is 27.1 Å². The van der Waals surface area contributed by atoms with Crippen LogP contribution in [0.3, 0.4) is 0 Å². The van der Waals surface area contributed by atoms with Crippen LogP contribution in [0.5, 0.6) is 0 Å². The van der Waals surface area contributed by atoms with E-state index in [2.05, 4.69) is 56.9 Å². The quantitative estimate of drug-likeness (QED) is 0.145. The van der Waals surface area contributed by atoms with Crippen molar-refractivity contribution in [3.8, 4) is 0 Å². The zero-order valence-electron chi connectivity index (χ0n) is 25.4. The van der Waals surface area contributed by atoms with Gasteiger partial charge in [-0.2, -0.15) is 0 Å². The number of ether oxygens (including phenoxy) is 2. The average Bonchev–Trinajstić information content (AvgIpc) is 3.08. The summed E-state index contributed by atoms with van der Waals surface area (Å²) >= 11 is 5.30. The van der Waals surface area contributed by atoms with E-state index in [4.69, 9.17) is 9.47 Å². The van der Waals surface area contributed by atoms with Gasteiger partial charge in [-0.05, 0) is 59.4 Å². The number of Topliss-reactive ketones (excluding diaryl/α,β-unsaturated/α-hetero) is 1. The molecule has 5 rings (SSSR count). The third-order valence-corrected chi connectivity index (χ3v) is 9.73. The standard InChI is InChI=1S/C37H39BrN2O4S/c1-43-37(42)40-36(35(27-11-4-2-5-12-27)28-13-6-3-7-14-28)34(41)22-29-15-9-8-10-26(29)16-19-31-23-39-24-32(44-31)25-45-33-20-17-30(38)18-21-33/h2-15,17-18,20-21,31-32,35-36,39H,16,19,22-25H2,1H3,(H,40,42)/t31-,32+,36-/m1/s1. The molecule has 6 nitrogen and oxygen atoms in total. The van der Waals surface area contributed by atoms with Gasteiger partial charge in [0.15, 0.2) is 5.78 Å². The minimum Gasteiger partial charge on any atom is -0.453 e. The molecule has 1 heterocycles. The first-order chi connectivity index (χ1) is 22.0. The van der Waals surface area contributed by atoms with E-state index in [9.17, 15) is 9.59 Å². The predicted octanol–water partition coefficient (Wildman–Crippen LogP) is 7.20. The van der Waals surface area contributed by atoms with Crippen molar-refractivity contribution in [1.82, 2.24) is 10.6 Å². The Bertz CT molecular complexity index is 1480. The van der Waals surface area contributed by atoms with Gasteiger partial charge in [-0.25, -0.2) is 4.79 Å². The van der Waals surface area contributed by atoms with Gasteiger partial charge in [0.05, 0.1) is 19.3 Å². The van der Waals surface area contributed by atoms with Crippen molar-refractivity contribution in [1.29, 1.82) is 0 Å². The Hall–Kier alpha value is -3.43. The highest BCUT2D eigenvalue weighted by molar-refractivity contribution is 9.10. The highest BCUT2D eigenvalue weighted by Gasteiger charge is 2.33. The molecule has 1 aliphatic heterocycles. The first-order valence-corrected chi connectivity index (χ1v) is 17.1. The minimum absolute atomic E-state index is 0.0776. The summed E-state index contributed by atoms with van der Waals surface area (Å²) in [6.07, 6.45) is 1.42. The Kier molecular flexibility index (Phi) is 12.3. The summed E-state index contributed by atoms with van der Waals surface area (Å²) in [4.78, 5) is 27.9. The predicted molar refractivity (Wildman–Crippen MR) is 184 cm³/mol. The molecule has 0 aromatic heterocycles. The maximum absolute atomic E-state index is 14.2. The number of halogens is 1. The Balaban J connectivity index is 1.27. The molecule has 45 heavy (non-hydrogen) atoms. The first-order valence-electron chi connectivity index (χ1n) is 15.3. The fraction of sp³-hybridized carbons (Fsp3) is 0.297. The summed E-state index contributed by atoms with van der Waals surface area (Å²) in [7, 11) is 1.32. The van der Waals surface area contributed by atoms with Crippen LogP contribution in [0.4, 0.5) is 4.79 Å². The number of ketones is 1. The van der Waals surface area contributed by atoms with Crippen molar-refractivity contribution in [2.45, 2.75) is 48.3 Å². The summed E-state index contributed by atoms with van der Waals surface area (Å²) in [5.41, 5.74) is 3.97. The molecule has 4 aromatic rings. The van der Waals surface area contributed by atoms with Crippen molar-refractivity contribution in [3.05, 3.63) is 136 Å². The van der Waals surface area contributed by atoms with E-state index >= 15 is 0 Å². The number of carbonyl (C=O) groups is 2. The van der Waals surface area contributed by atoms with E-state index in [1.807, 2.05) is 78.9 Å². The molecule has 1 fully saturated rings. The van der Waals surface area contributed by atoms with Gasteiger partial charge in [0.1, 0.15) is 6.04 Å². The second-order valence-electron chi connectivity index (χ2n) is 11.2.